The number of nitrogens with zero attached hydrogens (tertiary/aromatic N) is 2. The molecule has 0 spiro atoms. The minimum Gasteiger partial charge on any atom is -0.492 e. The van der Waals surface area contributed by atoms with Gasteiger partial charge in [0.15, 0.2) is 0 Å². The highest BCUT2D eigenvalue weighted by molar-refractivity contribution is 6.25. The molecule has 2 aliphatic heterocycles. The molecule has 10 nitrogen and oxygen atoms in total. The Morgan fingerprint density at radius 1 is 0.767 bits per heavy atom. The number of hydrogen-bond donors (Lipinski definition) is 2. The van der Waals surface area contributed by atoms with Crippen LogP contribution in [0.25, 0.3) is 11.1 Å². The summed E-state index contributed by atoms with van der Waals surface area (Å²) in [5.41, 5.74) is 8.76. The van der Waals surface area contributed by atoms with Gasteiger partial charge in [-0.2, -0.15) is 0 Å². The molecule has 7 rings (SSSR count). The Bertz CT molecular complexity index is 2380. The predicted molar refractivity (Wildman–Crippen MR) is 234 cm³/mol. The number of imide groups is 2. The normalized spacial score (nSPS) is 15.3. The minimum atomic E-state index is -1.01. The maximum absolute atomic E-state index is 13.4. The number of fused-ring (bicyclic) bond motifs is 1. The summed E-state index contributed by atoms with van der Waals surface area (Å²) in [6, 6.07) is 40.9. The molecule has 306 valence electrons. The van der Waals surface area contributed by atoms with E-state index in [4.69, 9.17) is 16.3 Å². The molecule has 2 aliphatic rings. The molecule has 0 saturated carbocycles. The van der Waals surface area contributed by atoms with Crippen LogP contribution in [0.4, 0.5) is 5.69 Å². The third-order valence-electron chi connectivity index (χ3n) is 10.9. The maximum atomic E-state index is 13.4. The molecule has 2 heterocycles. The maximum Gasteiger partial charge on any atom is 0.264 e. The van der Waals surface area contributed by atoms with Crippen LogP contribution in [0.15, 0.2) is 127 Å². The molecule has 11 heteroatoms. The van der Waals surface area contributed by atoms with E-state index < -0.39 is 29.7 Å². The number of aryl methyl sites for hydroxylation is 1. The van der Waals surface area contributed by atoms with Crippen molar-refractivity contribution in [2.45, 2.75) is 44.6 Å². The van der Waals surface area contributed by atoms with Crippen molar-refractivity contribution in [3.8, 4) is 5.75 Å². The summed E-state index contributed by atoms with van der Waals surface area (Å²) in [6.45, 7) is 1.32. The largest absolute Gasteiger partial charge is 0.492 e. The van der Waals surface area contributed by atoms with E-state index in [0.717, 1.165) is 50.5 Å². The molecule has 0 radical (unpaired) electrons. The lowest BCUT2D eigenvalue weighted by Gasteiger charge is -2.27. The quantitative estimate of drug-likeness (QED) is 0.0557. The number of amides is 5. The molecule has 1 saturated heterocycles. The zero-order valence-electron chi connectivity index (χ0n) is 33.5. The number of ether oxygens (including phenoxy) is 1. The summed E-state index contributed by atoms with van der Waals surface area (Å²) < 4.78 is 6.07. The Hall–Kier alpha value is -6.52. The summed E-state index contributed by atoms with van der Waals surface area (Å²) in [5, 5.41) is 5.51. The first-order valence-electron chi connectivity index (χ1n) is 20.2. The monoisotopic (exact) mass is 822 g/mol. The molecule has 1 atom stereocenters. The molecule has 2 N–H and O–H groups in total. The first kappa shape index (κ1) is 41.6. The predicted octanol–water partition coefficient (Wildman–Crippen LogP) is 7.80. The van der Waals surface area contributed by atoms with Crippen molar-refractivity contribution in [1.29, 1.82) is 0 Å². The average Bonchev–Trinajstić information content (AvgIpc) is 3.53. The van der Waals surface area contributed by atoms with Gasteiger partial charge in [0.05, 0.1) is 17.7 Å². The SMILES string of the molecule is CN(CCOc1ccc(C(=C(CCCl)c2ccccc2)c2ccccc2)cc1)C(=O)CCc1ccc(CCNc2cccc3c2C(=O)N(C2CCC(=O)NC2=O)C3=O)cc1. The number of halogens is 1. The van der Waals surface area contributed by atoms with E-state index in [0.29, 0.717) is 50.5 Å². The van der Waals surface area contributed by atoms with Crippen LogP contribution in [0.1, 0.15) is 74.2 Å². The van der Waals surface area contributed by atoms with Gasteiger partial charge in [-0.15, -0.1) is 11.6 Å². The van der Waals surface area contributed by atoms with E-state index in [1.807, 2.05) is 72.8 Å². The second-order valence-corrected chi connectivity index (χ2v) is 15.3. The Morgan fingerprint density at radius 3 is 2.08 bits per heavy atom. The fourth-order valence-corrected chi connectivity index (χ4v) is 7.92. The van der Waals surface area contributed by atoms with E-state index in [2.05, 4.69) is 47.0 Å². The number of benzene rings is 5. The number of alkyl halides is 1. The van der Waals surface area contributed by atoms with Crippen LogP contribution in [0.5, 0.6) is 5.75 Å². The van der Waals surface area contributed by atoms with Crippen molar-refractivity contribution in [2.75, 3.05) is 37.9 Å². The van der Waals surface area contributed by atoms with Crippen LogP contribution in [0.2, 0.25) is 0 Å². The third kappa shape index (κ3) is 9.67. The van der Waals surface area contributed by atoms with Crippen LogP contribution in [-0.4, -0.2) is 78.0 Å². The van der Waals surface area contributed by atoms with Gasteiger partial charge in [0, 0.05) is 38.0 Å². The van der Waals surface area contributed by atoms with Gasteiger partial charge in [0.2, 0.25) is 17.7 Å². The molecule has 1 fully saturated rings. The molecule has 0 aromatic heterocycles. The molecular weight excluding hydrogens is 776 g/mol. The number of allylic oxidation sites excluding steroid dienone is 1. The van der Waals surface area contributed by atoms with E-state index in [9.17, 15) is 24.0 Å². The summed E-state index contributed by atoms with van der Waals surface area (Å²) in [4.78, 5) is 66.3. The lowest BCUT2D eigenvalue weighted by Crippen LogP contribution is -2.54. The minimum absolute atomic E-state index is 0.0344. The lowest BCUT2D eigenvalue weighted by atomic mass is 9.88. The third-order valence-corrected chi connectivity index (χ3v) is 11.1. The summed E-state index contributed by atoms with van der Waals surface area (Å²) in [7, 11) is 1.79. The van der Waals surface area contributed by atoms with Crippen molar-refractivity contribution >= 4 is 58.0 Å². The van der Waals surface area contributed by atoms with Crippen LogP contribution < -0.4 is 15.4 Å². The summed E-state index contributed by atoms with van der Waals surface area (Å²) >= 11 is 6.31. The Labute approximate surface area is 355 Å². The topological polar surface area (TPSA) is 125 Å². The van der Waals surface area contributed by atoms with Gasteiger partial charge in [-0.1, -0.05) is 103 Å². The van der Waals surface area contributed by atoms with Crippen LogP contribution in [0, 0.1) is 0 Å². The highest BCUT2D eigenvalue weighted by Crippen LogP contribution is 2.36. The van der Waals surface area contributed by atoms with Gasteiger partial charge in [0.25, 0.3) is 11.8 Å². The molecule has 0 bridgehead atoms. The van der Waals surface area contributed by atoms with Gasteiger partial charge in [0.1, 0.15) is 18.4 Å². The molecule has 5 aromatic carbocycles. The fraction of sp³-hybridized carbons (Fsp3) is 0.245. The fourth-order valence-electron chi connectivity index (χ4n) is 7.73. The van der Waals surface area contributed by atoms with Crippen molar-refractivity contribution in [1.82, 2.24) is 15.1 Å². The number of piperidine rings is 1. The number of hydrogen-bond acceptors (Lipinski definition) is 7. The lowest BCUT2D eigenvalue weighted by molar-refractivity contribution is -0.136. The Balaban J connectivity index is 0.869. The highest BCUT2D eigenvalue weighted by atomic mass is 35.5. The number of likely N-dealkylation sites (N-methyl/N-ethyl adjacent to an activating group) is 1. The number of carbonyl (C=O) groups is 5. The van der Waals surface area contributed by atoms with Crippen LogP contribution in [-0.2, 0) is 27.2 Å². The average molecular weight is 823 g/mol. The number of rotatable bonds is 17. The van der Waals surface area contributed by atoms with Gasteiger partial charge < -0.3 is 15.0 Å². The highest BCUT2D eigenvalue weighted by Gasteiger charge is 2.45. The molecule has 0 aliphatic carbocycles. The van der Waals surface area contributed by atoms with Crippen molar-refractivity contribution in [3.05, 3.63) is 166 Å². The van der Waals surface area contributed by atoms with Gasteiger partial charge in [-0.25, -0.2) is 0 Å². The van der Waals surface area contributed by atoms with Crippen LogP contribution >= 0.6 is 11.6 Å². The molecular formula is C49H47ClN4O6. The molecule has 1 unspecified atom stereocenters. The molecule has 5 aromatic rings. The van der Waals surface area contributed by atoms with Crippen LogP contribution in [0.3, 0.4) is 0 Å². The zero-order chi connectivity index (χ0) is 42.0. The van der Waals surface area contributed by atoms with Gasteiger partial charge in [-0.3, -0.25) is 34.2 Å². The van der Waals surface area contributed by atoms with E-state index in [1.54, 1.807) is 30.1 Å². The number of anilines is 1. The second kappa shape index (κ2) is 19.5. The number of carbonyl (C=O) groups excluding carboxylic acids is 5. The summed E-state index contributed by atoms with van der Waals surface area (Å²) in [5.74, 6) is -0.859. The number of nitrogens with one attached hydrogen (secondary N) is 2. The molecule has 60 heavy (non-hydrogen) atoms. The Kier molecular flexibility index (Phi) is 13.5. The van der Waals surface area contributed by atoms with Gasteiger partial charge >= 0.3 is 0 Å². The van der Waals surface area contributed by atoms with E-state index >= 15 is 0 Å². The first-order chi connectivity index (χ1) is 29.2. The smallest absolute Gasteiger partial charge is 0.264 e. The standard InChI is InChI=1S/C49H47ClN4O6/c1-53(31-32-60-38-22-20-37(21-23-38)45(36-11-6-3-7-12-36)39(27-29-50)35-9-4-2-5-10-35)44(56)26-19-33-15-17-34(18-16-33)28-30-51-41-14-8-13-40-46(41)49(59)54(48(40)58)42-24-25-43(55)52-47(42)57/h2-18,20-23,42,51H,19,24-32H2,1H3,(H,52,55,57). The molecule has 5 amide bonds. The van der Waals surface area contributed by atoms with Crippen molar-refractivity contribution in [2.24, 2.45) is 0 Å². The first-order valence-corrected chi connectivity index (χ1v) is 20.8. The van der Waals surface area contributed by atoms with Crippen molar-refractivity contribution < 1.29 is 28.7 Å². The van der Waals surface area contributed by atoms with Crippen molar-refractivity contribution in [3.63, 3.8) is 0 Å². The second-order valence-electron chi connectivity index (χ2n) is 14.9. The zero-order valence-corrected chi connectivity index (χ0v) is 34.3. The Morgan fingerprint density at radius 2 is 1.42 bits per heavy atom. The van der Waals surface area contributed by atoms with E-state index in [1.165, 1.54) is 5.57 Å². The van der Waals surface area contributed by atoms with Gasteiger partial charge in [-0.05, 0) is 88.9 Å². The van der Waals surface area contributed by atoms with E-state index in [-0.39, 0.29) is 29.9 Å². The summed E-state index contributed by atoms with van der Waals surface area (Å²) in [6.07, 6.45) is 2.52.